The van der Waals surface area contributed by atoms with Gasteiger partial charge in [0.25, 0.3) is 0 Å². The predicted molar refractivity (Wildman–Crippen MR) is 86.5 cm³/mol. The Bertz CT molecular complexity index is 508. The molecule has 2 nitrogen and oxygen atoms in total. The smallest absolute Gasteiger partial charge is 0.0401 e. The van der Waals surface area contributed by atoms with E-state index >= 15 is 0 Å². The highest BCUT2D eigenvalue weighted by Gasteiger charge is 1.96. The number of rotatable bonds is 6. The lowest BCUT2D eigenvalue weighted by molar-refractivity contribution is 1.15. The first-order valence-electron chi connectivity index (χ1n) is 6.53. The molecule has 0 amide bonds. The Morgan fingerprint density at radius 3 is 2.53 bits per heavy atom. The summed E-state index contributed by atoms with van der Waals surface area (Å²) < 4.78 is 0. The first-order chi connectivity index (χ1) is 9.28. The van der Waals surface area contributed by atoms with Gasteiger partial charge in [0.1, 0.15) is 0 Å². The first kappa shape index (κ1) is 13.8. The molecule has 0 spiro atoms. The van der Waals surface area contributed by atoms with Crippen molar-refractivity contribution < 1.29 is 0 Å². The summed E-state index contributed by atoms with van der Waals surface area (Å²) in [7, 11) is 0. The molecule has 0 radical (unpaired) electrons. The van der Waals surface area contributed by atoms with Crippen molar-refractivity contribution in [3.05, 3.63) is 59.7 Å². The minimum Gasteiger partial charge on any atom is -0.399 e. The maximum absolute atomic E-state index is 5.76. The molecule has 0 aliphatic heterocycles. The number of hydrogen-bond donors (Lipinski definition) is 2. The molecule has 2 aromatic rings. The summed E-state index contributed by atoms with van der Waals surface area (Å²) in [5.41, 5.74) is 10.3. The van der Waals surface area contributed by atoms with Gasteiger partial charge in [-0.15, -0.1) is 0 Å². The Morgan fingerprint density at radius 2 is 1.84 bits per heavy atom. The molecule has 0 fully saturated rings. The van der Waals surface area contributed by atoms with Crippen molar-refractivity contribution in [2.75, 3.05) is 16.8 Å². The van der Waals surface area contributed by atoms with Crippen LogP contribution in [0.2, 0.25) is 0 Å². The zero-order valence-electron chi connectivity index (χ0n) is 11.2. The summed E-state index contributed by atoms with van der Waals surface area (Å²) in [5, 5.41) is 3.41. The third kappa shape index (κ3) is 4.52. The van der Waals surface area contributed by atoms with E-state index in [2.05, 4.69) is 42.6 Å². The Morgan fingerprint density at radius 1 is 1.05 bits per heavy atom. The van der Waals surface area contributed by atoms with Gasteiger partial charge in [0.2, 0.25) is 0 Å². The van der Waals surface area contributed by atoms with Crippen LogP contribution in [0.15, 0.2) is 48.5 Å². The zero-order chi connectivity index (χ0) is 13.5. The third-order valence-electron chi connectivity index (χ3n) is 2.87. The van der Waals surface area contributed by atoms with Crippen LogP contribution >= 0.6 is 11.8 Å². The lowest BCUT2D eigenvalue weighted by Gasteiger charge is -2.08. The molecule has 2 aromatic carbocycles. The van der Waals surface area contributed by atoms with E-state index in [4.69, 9.17) is 5.73 Å². The lowest BCUT2D eigenvalue weighted by atomic mass is 10.2. The van der Waals surface area contributed by atoms with Crippen molar-refractivity contribution in [3.8, 4) is 0 Å². The summed E-state index contributed by atoms with van der Waals surface area (Å²) in [6.45, 7) is 2.99. The summed E-state index contributed by atoms with van der Waals surface area (Å²) in [6, 6.07) is 16.6. The van der Waals surface area contributed by atoms with Crippen LogP contribution in [0.4, 0.5) is 11.4 Å². The normalized spacial score (nSPS) is 10.4. The number of nitrogens with two attached hydrogens (primary N) is 1. The average molecular weight is 272 g/mol. The van der Waals surface area contributed by atoms with Gasteiger partial charge in [0, 0.05) is 23.7 Å². The van der Waals surface area contributed by atoms with Gasteiger partial charge in [-0.05, 0) is 41.1 Å². The molecule has 0 aliphatic rings. The van der Waals surface area contributed by atoms with Crippen molar-refractivity contribution in [3.63, 3.8) is 0 Å². The van der Waals surface area contributed by atoms with Crippen molar-refractivity contribution in [2.45, 2.75) is 19.2 Å². The molecule has 0 unspecified atom stereocenters. The van der Waals surface area contributed by atoms with Crippen LogP contribution in [0.25, 0.3) is 0 Å². The molecule has 0 saturated heterocycles. The highest BCUT2D eigenvalue weighted by molar-refractivity contribution is 7.98. The van der Waals surface area contributed by atoms with Crippen LogP contribution < -0.4 is 11.1 Å². The Hall–Kier alpha value is -1.61. The van der Waals surface area contributed by atoms with Gasteiger partial charge in [-0.3, -0.25) is 0 Å². The molecule has 3 heteroatoms. The van der Waals surface area contributed by atoms with E-state index in [-0.39, 0.29) is 0 Å². The zero-order valence-corrected chi connectivity index (χ0v) is 12.0. The second kappa shape index (κ2) is 7.10. The van der Waals surface area contributed by atoms with Gasteiger partial charge in [-0.2, -0.15) is 11.8 Å². The van der Waals surface area contributed by atoms with E-state index in [1.165, 1.54) is 11.1 Å². The molecule has 3 N–H and O–H groups in total. The van der Waals surface area contributed by atoms with E-state index in [1.807, 2.05) is 30.0 Å². The van der Waals surface area contributed by atoms with Crippen molar-refractivity contribution in [1.82, 2.24) is 0 Å². The molecule has 0 bridgehead atoms. The fraction of sp³-hybridized carbons (Fsp3) is 0.250. The number of hydrogen-bond acceptors (Lipinski definition) is 3. The standard InChI is InChI=1S/C16H20N2S/c1-2-19-12-13-6-8-16(9-7-13)18-11-14-4-3-5-15(17)10-14/h3-10,18H,2,11-12,17H2,1H3. The largest absolute Gasteiger partial charge is 0.399 e. The molecular weight excluding hydrogens is 252 g/mol. The Labute approximate surface area is 119 Å². The first-order valence-corrected chi connectivity index (χ1v) is 7.68. The van der Waals surface area contributed by atoms with Crippen LogP contribution in [-0.2, 0) is 12.3 Å². The van der Waals surface area contributed by atoms with Gasteiger partial charge in [0.15, 0.2) is 0 Å². The van der Waals surface area contributed by atoms with Crippen LogP contribution in [0.1, 0.15) is 18.1 Å². The lowest BCUT2D eigenvalue weighted by Crippen LogP contribution is -2.00. The summed E-state index contributed by atoms with van der Waals surface area (Å²) in [5.74, 6) is 2.25. The number of nitrogens with one attached hydrogen (secondary N) is 1. The molecule has 100 valence electrons. The molecule has 0 heterocycles. The van der Waals surface area contributed by atoms with Gasteiger partial charge in [-0.1, -0.05) is 31.2 Å². The van der Waals surface area contributed by atoms with Crippen LogP contribution in [0.5, 0.6) is 0 Å². The predicted octanol–water partition coefficient (Wildman–Crippen LogP) is 4.13. The SMILES string of the molecule is CCSCc1ccc(NCc2cccc(N)c2)cc1. The Kier molecular flexibility index (Phi) is 5.16. The van der Waals surface area contributed by atoms with Crippen LogP contribution in [0, 0.1) is 0 Å². The molecule has 0 aromatic heterocycles. The summed E-state index contributed by atoms with van der Waals surface area (Å²) >= 11 is 1.94. The second-order valence-corrected chi connectivity index (χ2v) is 5.71. The molecule has 2 rings (SSSR count). The minimum atomic E-state index is 0.800. The molecule has 0 atom stereocenters. The summed E-state index contributed by atoms with van der Waals surface area (Å²) in [6.07, 6.45) is 0. The Balaban J connectivity index is 1.89. The molecule has 19 heavy (non-hydrogen) atoms. The van der Waals surface area contributed by atoms with E-state index in [0.29, 0.717) is 0 Å². The highest BCUT2D eigenvalue weighted by atomic mass is 32.2. The topological polar surface area (TPSA) is 38.0 Å². The number of benzene rings is 2. The van der Waals surface area contributed by atoms with E-state index in [9.17, 15) is 0 Å². The van der Waals surface area contributed by atoms with Gasteiger partial charge in [0.05, 0.1) is 0 Å². The number of anilines is 2. The maximum Gasteiger partial charge on any atom is 0.0401 e. The minimum absolute atomic E-state index is 0.800. The van der Waals surface area contributed by atoms with Gasteiger partial charge in [-0.25, -0.2) is 0 Å². The summed E-state index contributed by atoms with van der Waals surface area (Å²) in [4.78, 5) is 0. The highest BCUT2D eigenvalue weighted by Crippen LogP contribution is 2.16. The molecular formula is C16H20N2S. The monoisotopic (exact) mass is 272 g/mol. The average Bonchev–Trinajstić information content (AvgIpc) is 2.44. The molecule has 0 saturated carbocycles. The quantitative estimate of drug-likeness (QED) is 0.776. The van der Waals surface area contributed by atoms with E-state index in [1.54, 1.807) is 0 Å². The van der Waals surface area contributed by atoms with Crippen molar-refractivity contribution >= 4 is 23.1 Å². The van der Waals surface area contributed by atoms with E-state index < -0.39 is 0 Å². The fourth-order valence-corrected chi connectivity index (χ4v) is 2.48. The van der Waals surface area contributed by atoms with Crippen molar-refractivity contribution in [2.24, 2.45) is 0 Å². The van der Waals surface area contributed by atoms with Gasteiger partial charge < -0.3 is 11.1 Å². The number of nitrogen functional groups attached to an aromatic ring is 1. The van der Waals surface area contributed by atoms with E-state index in [0.717, 1.165) is 29.4 Å². The fourth-order valence-electron chi connectivity index (χ4n) is 1.85. The van der Waals surface area contributed by atoms with Crippen molar-refractivity contribution in [1.29, 1.82) is 0 Å². The van der Waals surface area contributed by atoms with Gasteiger partial charge >= 0.3 is 0 Å². The third-order valence-corrected chi connectivity index (χ3v) is 3.82. The van der Waals surface area contributed by atoms with Crippen LogP contribution in [0.3, 0.4) is 0 Å². The molecule has 0 aliphatic carbocycles. The van der Waals surface area contributed by atoms with Crippen LogP contribution in [-0.4, -0.2) is 5.75 Å². The second-order valence-electron chi connectivity index (χ2n) is 4.43. The maximum atomic E-state index is 5.76. The number of thioether (sulfide) groups is 1.